The summed E-state index contributed by atoms with van der Waals surface area (Å²) in [5.41, 5.74) is 1.37. The molecular formula is C24H18Cl2N2O3S2. The fourth-order valence-corrected chi connectivity index (χ4v) is 5.20. The van der Waals surface area contributed by atoms with Gasteiger partial charge in [-0.05, 0) is 66.9 Å². The number of amides is 1. The van der Waals surface area contributed by atoms with Crippen molar-refractivity contribution in [1.82, 2.24) is 0 Å². The fourth-order valence-electron chi connectivity index (χ4n) is 3.17. The summed E-state index contributed by atoms with van der Waals surface area (Å²) in [7, 11) is 1.52. The van der Waals surface area contributed by atoms with E-state index < -0.39 is 5.25 Å². The van der Waals surface area contributed by atoms with Gasteiger partial charge < -0.3 is 4.74 Å². The van der Waals surface area contributed by atoms with E-state index in [1.54, 1.807) is 55.5 Å². The Bertz CT molecular complexity index is 1260. The third-order valence-electron chi connectivity index (χ3n) is 4.83. The SMILES string of the molecule is COc1ccc(N2C(=O)/C(=C\c3cccs3)N=C2SC(C)C(=O)c2ccc(Cl)cc2)cc1Cl. The standard InChI is InChI=1S/C24H18Cl2N2O3S2/c1-14(22(29)15-5-7-16(25)8-6-15)33-24-27-20(13-18-4-3-11-32-18)23(30)28(24)17-9-10-21(31-2)19(26)12-17/h3-14H,1-2H3/b20-13+. The van der Waals surface area contributed by atoms with Crippen LogP contribution in [-0.4, -0.2) is 29.2 Å². The van der Waals surface area contributed by atoms with E-state index in [4.69, 9.17) is 27.9 Å². The molecule has 1 unspecified atom stereocenters. The number of carbonyl (C=O) groups excluding carboxylic acids is 2. The van der Waals surface area contributed by atoms with Gasteiger partial charge in [0.15, 0.2) is 11.0 Å². The summed E-state index contributed by atoms with van der Waals surface area (Å²) in [5, 5.41) is 2.77. The maximum atomic E-state index is 13.3. The number of Topliss-reactive ketones (excluding diaryl/α,β-unsaturated/α-hetero) is 1. The molecule has 0 bridgehead atoms. The molecule has 168 valence electrons. The molecule has 0 radical (unpaired) electrons. The van der Waals surface area contributed by atoms with E-state index in [2.05, 4.69) is 4.99 Å². The summed E-state index contributed by atoms with van der Waals surface area (Å²) in [6.07, 6.45) is 1.74. The molecule has 33 heavy (non-hydrogen) atoms. The summed E-state index contributed by atoms with van der Waals surface area (Å²) in [6.45, 7) is 1.79. The third-order valence-corrected chi connectivity index (χ3v) is 7.24. The highest BCUT2D eigenvalue weighted by Gasteiger charge is 2.34. The van der Waals surface area contributed by atoms with Crippen LogP contribution in [0.1, 0.15) is 22.2 Å². The Labute approximate surface area is 209 Å². The Morgan fingerprint density at radius 3 is 2.58 bits per heavy atom. The first-order chi connectivity index (χ1) is 15.9. The molecule has 0 aliphatic carbocycles. The van der Waals surface area contributed by atoms with Crippen molar-refractivity contribution in [3.63, 3.8) is 0 Å². The average molecular weight is 517 g/mol. The molecule has 0 fully saturated rings. The number of thiophene rings is 1. The van der Waals surface area contributed by atoms with E-state index in [0.29, 0.717) is 32.2 Å². The van der Waals surface area contributed by atoms with E-state index >= 15 is 0 Å². The first-order valence-electron chi connectivity index (χ1n) is 9.85. The lowest BCUT2D eigenvalue weighted by Crippen LogP contribution is -2.32. The second-order valence-corrected chi connectivity index (χ2v) is 10.2. The molecule has 1 aliphatic rings. The number of halogens is 2. The quantitative estimate of drug-likeness (QED) is 0.266. The van der Waals surface area contributed by atoms with Gasteiger partial charge >= 0.3 is 0 Å². The number of benzene rings is 2. The summed E-state index contributed by atoms with van der Waals surface area (Å²) < 4.78 is 5.23. The number of rotatable bonds is 6. The van der Waals surface area contributed by atoms with Crippen molar-refractivity contribution in [2.24, 2.45) is 4.99 Å². The molecule has 0 saturated heterocycles. The first-order valence-corrected chi connectivity index (χ1v) is 12.4. The summed E-state index contributed by atoms with van der Waals surface area (Å²) in [6, 6.07) is 15.6. The van der Waals surface area contributed by atoms with Gasteiger partial charge in [-0.25, -0.2) is 4.99 Å². The Morgan fingerprint density at radius 2 is 1.94 bits per heavy atom. The van der Waals surface area contributed by atoms with E-state index in [9.17, 15) is 9.59 Å². The number of amidine groups is 1. The molecule has 3 aromatic rings. The molecule has 1 aliphatic heterocycles. The van der Waals surface area contributed by atoms with Crippen molar-refractivity contribution >= 4 is 74.9 Å². The Hall–Kier alpha value is -2.58. The van der Waals surface area contributed by atoms with Crippen LogP contribution in [0.15, 0.2) is 70.7 Å². The highest BCUT2D eigenvalue weighted by Crippen LogP contribution is 2.36. The van der Waals surface area contributed by atoms with Crippen LogP contribution < -0.4 is 9.64 Å². The van der Waals surface area contributed by atoms with Crippen LogP contribution in [0.4, 0.5) is 5.69 Å². The minimum absolute atomic E-state index is 0.0878. The van der Waals surface area contributed by atoms with Crippen LogP contribution in [0.2, 0.25) is 10.0 Å². The van der Waals surface area contributed by atoms with Gasteiger partial charge in [0.2, 0.25) is 0 Å². The van der Waals surface area contributed by atoms with Gasteiger partial charge in [-0.15, -0.1) is 11.3 Å². The Balaban J connectivity index is 1.67. The van der Waals surface area contributed by atoms with E-state index in [0.717, 1.165) is 4.88 Å². The van der Waals surface area contributed by atoms with Gasteiger partial charge in [0.25, 0.3) is 5.91 Å². The van der Waals surface area contributed by atoms with Crippen LogP contribution >= 0.6 is 46.3 Å². The van der Waals surface area contributed by atoms with Gasteiger partial charge in [0.05, 0.1) is 23.1 Å². The largest absolute Gasteiger partial charge is 0.495 e. The molecule has 0 saturated carbocycles. The van der Waals surface area contributed by atoms with Gasteiger partial charge in [-0.1, -0.05) is 41.0 Å². The molecule has 0 spiro atoms. The first kappa shape index (κ1) is 23.6. The average Bonchev–Trinajstić information content (AvgIpc) is 3.42. The molecule has 5 nitrogen and oxygen atoms in total. The van der Waals surface area contributed by atoms with Crippen LogP contribution in [0.3, 0.4) is 0 Å². The molecule has 4 rings (SSSR count). The molecule has 1 atom stereocenters. The fraction of sp³-hybridized carbons (Fsp3) is 0.125. The number of ketones is 1. The number of aliphatic imine (C=N–C) groups is 1. The van der Waals surface area contributed by atoms with Crippen LogP contribution in [-0.2, 0) is 4.79 Å². The number of hydrogen-bond donors (Lipinski definition) is 0. The van der Waals surface area contributed by atoms with E-state index in [-0.39, 0.29) is 17.4 Å². The van der Waals surface area contributed by atoms with Gasteiger partial charge in [0, 0.05) is 15.5 Å². The maximum absolute atomic E-state index is 13.3. The predicted molar refractivity (Wildman–Crippen MR) is 138 cm³/mol. The second-order valence-electron chi connectivity index (χ2n) is 7.03. The number of carbonyl (C=O) groups is 2. The number of ether oxygens (including phenoxy) is 1. The minimum Gasteiger partial charge on any atom is -0.495 e. The predicted octanol–water partition coefficient (Wildman–Crippen LogP) is 6.81. The highest BCUT2D eigenvalue weighted by molar-refractivity contribution is 8.15. The number of hydrogen-bond acceptors (Lipinski definition) is 6. The molecule has 1 aromatic heterocycles. The van der Waals surface area contributed by atoms with Crippen molar-refractivity contribution in [3.05, 3.63) is 86.2 Å². The zero-order chi connectivity index (χ0) is 23.5. The van der Waals surface area contributed by atoms with Crippen LogP contribution in [0.25, 0.3) is 6.08 Å². The summed E-state index contributed by atoms with van der Waals surface area (Å²) in [5.74, 6) is 0.118. The smallest absolute Gasteiger partial charge is 0.283 e. The number of thioether (sulfide) groups is 1. The molecule has 2 aromatic carbocycles. The molecule has 9 heteroatoms. The molecular weight excluding hydrogens is 499 g/mol. The lowest BCUT2D eigenvalue weighted by Gasteiger charge is -2.20. The second kappa shape index (κ2) is 10.1. The zero-order valence-corrected chi connectivity index (χ0v) is 20.8. The van der Waals surface area contributed by atoms with Crippen molar-refractivity contribution in [2.75, 3.05) is 12.0 Å². The summed E-state index contributed by atoms with van der Waals surface area (Å²) in [4.78, 5) is 33.3. The lowest BCUT2D eigenvalue weighted by molar-refractivity contribution is -0.113. The Morgan fingerprint density at radius 1 is 1.18 bits per heavy atom. The number of anilines is 1. The Kier molecular flexibility index (Phi) is 7.24. The minimum atomic E-state index is -0.491. The van der Waals surface area contributed by atoms with Crippen LogP contribution in [0, 0.1) is 0 Å². The topological polar surface area (TPSA) is 59.0 Å². The van der Waals surface area contributed by atoms with E-state index in [1.807, 2.05) is 17.5 Å². The molecule has 1 amide bonds. The van der Waals surface area contributed by atoms with Crippen molar-refractivity contribution < 1.29 is 14.3 Å². The van der Waals surface area contributed by atoms with Crippen molar-refractivity contribution in [1.29, 1.82) is 0 Å². The van der Waals surface area contributed by atoms with Gasteiger partial charge in [-0.3, -0.25) is 14.5 Å². The van der Waals surface area contributed by atoms with Gasteiger partial charge in [-0.2, -0.15) is 0 Å². The number of nitrogens with zero attached hydrogens (tertiary/aromatic N) is 2. The van der Waals surface area contributed by atoms with Gasteiger partial charge in [0.1, 0.15) is 11.4 Å². The lowest BCUT2D eigenvalue weighted by atomic mass is 10.1. The zero-order valence-electron chi connectivity index (χ0n) is 17.6. The molecule has 0 N–H and O–H groups in total. The van der Waals surface area contributed by atoms with Crippen molar-refractivity contribution in [3.8, 4) is 5.75 Å². The number of methoxy groups -OCH3 is 1. The van der Waals surface area contributed by atoms with E-state index in [1.165, 1.54) is 35.1 Å². The summed E-state index contributed by atoms with van der Waals surface area (Å²) >= 11 is 15.0. The third kappa shape index (κ3) is 5.17. The maximum Gasteiger partial charge on any atom is 0.283 e. The van der Waals surface area contributed by atoms with Crippen molar-refractivity contribution in [2.45, 2.75) is 12.2 Å². The monoisotopic (exact) mass is 516 g/mol. The highest BCUT2D eigenvalue weighted by atomic mass is 35.5. The van der Waals surface area contributed by atoms with Crippen LogP contribution in [0.5, 0.6) is 5.75 Å². The molecule has 2 heterocycles. The normalized spacial score (nSPS) is 15.6.